The molecule has 0 atom stereocenters. The topological polar surface area (TPSA) is 73.4 Å². The van der Waals surface area contributed by atoms with Crippen LogP contribution in [-0.2, 0) is 18.4 Å². The van der Waals surface area contributed by atoms with Crippen molar-refractivity contribution in [3.05, 3.63) is 42.5 Å². The highest BCUT2D eigenvalue weighted by molar-refractivity contribution is 5.77. The number of carbonyl (C=O) groups excluding carboxylic acids is 1. The van der Waals surface area contributed by atoms with Crippen LogP contribution in [0.25, 0.3) is 0 Å². The van der Waals surface area contributed by atoms with Gasteiger partial charge in [-0.15, -0.1) is 0 Å². The number of benzene rings is 1. The number of nitrogens with zero attached hydrogens (tertiary/aromatic N) is 3. The molecule has 6 heteroatoms. The number of nitrogen functional groups attached to an aromatic ring is 1. The molecule has 0 aliphatic carbocycles. The molecule has 1 heterocycles. The zero-order valence-electron chi connectivity index (χ0n) is 11.6. The Labute approximate surface area is 117 Å². The van der Waals surface area contributed by atoms with E-state index in [0.717, 1.165) is 5.82 Å². The first kappa shape index (κ1) is 13.9. The summed E-state index contributed by atoms with van der Waals surface area (Å²) >= 11 is 0. The van der Waals surface area contributed by atoms with Crippen molar-refractivity contribution in [2.45, 2.75) is 6.54 Å². The van der Waals surface area contributed by atoms with Gasteiger partial charge in [0.05, 0.1) is 6.54 Å². The average Bonchev–Trinajstić information content (AvgIpc) is 2.83. The lowest BCUT2D eigenvalue weighted by molar-refractivity contribution is -0.132. The minimum atomic E-state index is -0.107. The molecule has 0 aliphatic rings. The van der Waals surface area contributed by atoms with Gasteiger partial charge in [-0.2, -0.15) is 0 Å². The van der Waals surface area contributed by atoms with Gasteiger partial charge in [-0.25, -0.2) is 4.98 Å². The third kappa shape index (κ3) is 3.50. The van der Waals surface area contributed by atoms with E-state index < -0.39 is 0 Å². The zero-order valence-corrected chi connectivity index (χ0v) is 11.6. The van der Waals surface area contributed by atoms with Gasteiger partial charge in [-0.1, -0.05) is 0 Å². The van der Waals surface area contributed by atoms with Crippen molar-refractivity contribution in [3.8, 4) is 5.75 Å². The molecule has 2 rings (SSSR count). The summed E-state index contributed by atoms with van der Waals surface area (Å²) in [7, 11) is 3.62. The fraction of sp³-hybridized carbons (Fsp3) is 0.286. The monoisotopic (exact) mass is 274 g/mol. The number of carbonyl (C=O) groups is 1. The van der Waals surface area contributed by atoms with E-state index >= 15 is 0 Å². The van der Waals surface area contributed by atoms with Gasteiger partial charge in [0.25, 0.3) is 5.91 Å². The van der Waals surface area contributed by atoms with Crippen LogP contribution in [0.4, 0.5) is 5.69 Å². The number of rotatable bonds is 5. The average molecular weight is 274 g/mol. The lowest BCUT2D eigenvalue weighted by Gasteiger charge is -2.17. The second-order valence-corrected chi connectivity index (χ2v) is 4.56. The van der Waals surface area contributed by atoms with Gasteiger partial charge in [-0.3, -0.25) is 4.79 Å². The maximum atomic E-state index is 12.0. The van der Waals surface area contributed by atoms with E-state index in [1.54, 1.807) is 42.4 Å². The molecule has 20 heavy (non-hydrogen) atoms. The van der Waals surface area contributed by atoms with Crippen LogP contribution in [0.5, 0.6) is 5.75 Å². The largest absolute Gasteiger partial charge is 0.484 e. The predicted octanol–water partition coefficient (Wildman–Crippen LogP) is 1.04. The van der Waals surface area contributed by atoms with Crippen molar-refractivity contribution in [1.82, 2.24) is 14.5 Å². The molecular formula is C14H18N4O2. The maximum Gasteiger partial charge on any atom is 0.260 e. The number of aromatic nitrogens is 2. The molecule has 0 unspecified atom stereocenters. The minimum Gasteiger partial charge on any atom is -0.484 e. The van der Waals surface area contributed by atoms with Gasteiger partial charge in [0, 0.05) is 32.2 Å². The van der Waals surface area contributed by atoms with Crippen LogP contribution in [0.15, 0.2) is 36.7 Å². The van der Waals surface area contributed by atoms with Crippen LogP contribution in [0.2, 0.25) is 0 Å². The Morgan fingerprint density at radius 3 is 2.70 bits per heavy atom. The smallest absolute Gasteiger partial charge is 0.260 e. The van der Waals surface area contributed by atoms with Gasteiger partial charge in [0.15, 0.2) is 6.61 Å². The fourth-order valence-corrected chi connectivity index (χ4v) is 1.67. The number of nitrogens with two attached hydrogens (primary N) is 1. The van der Waals surface area contributed by atoms with Gasteiger partial charge >= 0.3 is 0 Å². The van der Waals surface area contributed by atoms with Crippen LogP contribution in [0.1, 0.15) is 5.82 Å². The number of aryl methyl sites for hydroxylation is 1. The standard InChI is InChI=1S/C14H18N4O2/c1-17-8-7-16-13(17)9-18(2)14(19)10-20-12-5-3-11(15)4-6-12/h3-8H,9-10,15H2,1-2H3. The lowest BCUT2D eigenvalue weighted by Crippen LogP contribution is -2.31. The van der Waals surface area contributed by atoms with Gasteiger partial charge in [-0.05, 0) is 24.3 Å². The number of hydrogen-bond acceptors (Lipinski definition) is 4. The molecule has 2 N–H and O–H groups in total. The van der Waals surface area contributed by atoms with Crippen LogP contribution >= 0.6 is 0 Å². The molecular weight excluding hydrogens is 256 g/mol. The van der Waals surface area contributed by atoms with E-state index in [0.29, 0.717) is 18.0 Å². The first-order chi connectivity index (χ1) is 9.56. The van der Waals surface area contributed by atoms with Crippen molar-refractivity contribution in [1.29, 1.82) is 0 Å². The maximum absolute atomic E-state index is 12.0. The number of anilines is 1. The normalized spacial score (nSPS) is 10.3. The third-order valence-corrected chi connectivity index (χ3v) is 2.97. The summed E-state index contributed by atoms with van der Waals surface area (Å²) in [6.45, 7) is 0.443. The molecule has 106 valence electrons. The highest BCUT2D eigenvalue weighted by Crippen LogP contribution is 2.13. The molecule has 0 saturated carbocycles. The molecule has 0 radical (unpaired) electrons. The summed E-state index contributed by atoms with van der Waals surface area (Å²) in [6.07, 6.45) is 3.55. The molecule has 0 fully saturated rings. The van der Waals surface area contributed by atoms with Crippen LogP contribution in [-0.4, -0.2) is 34.0 Å². The van der Waals surface area contributed by atoms with E-state index in [-0.39, 0.29) is 12.5 Å². The third-order valence-electron chi connectivity index (χ3n) is 2.97. The molecule has 1 amide bonds. The van der Waals surface area contributed by atoms with Gasteiger partial charge in [0.1, 0.15) is 11.6 Å². The van der Waals surface area contributed by atoms with Crippen LogP contribution < -0.4 is 10.5 Å². The van der Waals surface area contributed by atoms with Crippen molar-refractivity contribution in [2.75, 3.05) is 19.4 Å². The zero-order chi connectivity index (χ0) is 14.5. The molecule has 0 spiro atoms. The van der Waals surface area contributed by atoms with E-state index in [2.05, 4.69) is 4.98 Å². The Hall–Kier alpha value is -2.50. The highest BCUT2D eigenvalue weighted by atomic mass is 16.5. The van der Waals surface area contributed by atoms with Gasteiger partial charge < -0.3 is 19.9 Å². The highest BCUT2D eigenvalue weighted by Gasteiger charge is 2.12. The number of amides is 1. The van der Waals surface area contributed by atoms with Crippen molar-refractivity contribution in [2.24, 2.45) is 7.05 Å². The molecule has 1 aromatic carbocycles. The Morgan fingerprint density at radius 2 is 2.10 bits per heavy atom. The predicted molar refractivity (Wildman–Crippen MR) is 76.0 cm³/mol. The first-order valence-corrected chi connectivity index (χ1v) is 6.25. The van der Waals surface area contributed by atoms with Crippen molar-refractivity contribution >= 4 is 11.6 Å². The fourth-order valence-electron chi connectivity index (χ4n) is 1.67. The van der Waals surface area contributed by atoms with E-state index in [9.17, 15) is 4.79 Å². The van der Waals surface area contributed by atoms with Crippen LogP contribution in [0, 0.1) is 0 Å². The first-order valence-electron chi connectivity index (χ1n) is 6.25. The summed E-state index contributed by atoms with van der Waals surface area (Å²) in [4.78, 5) is 17.7. The van der Waals surface area contributed by atoms with E-state index in [1.165, 1.54) is 0 Å². The minimum absolute atomic E-state index is 0.00909. The number of likely N-dealkylation sites (N-methyl/N-ethyl adjacent to an activating group) is 1. The van der Waals surface area contributed by atoms with E-state index in [4.69, 9.17) is 10.5 Å². The molecule has 6 nitrogen and oxygen atoms in total. The molecule has 0 aliphatic heterocycles. The quantitative estimate of drug-likeness (QED) is 0.827. The van der Waals surface area contributed by atoms with Crippen molar-refractivity contribution < 1.29 is 9.53 Å². The second-order valence-electron chi connectivity index (χ2n) is 4.56. The lowest BCUT2D eigenvalue weighted by atomic mass is 10.3. The number of ether oxygens (including phenoxy) is 1. The summed E-state index contributed by atoms with van der Waals surface area (Å²) in [5.74, 6) is 1.34. The second kappa shape index (κ2) is 6.10. The Kier molecular flexibility index (Phi) is 4.24. The van der Waals surface area contributed by atoms with Gasteiger partial charge in [0.2, 0.25) is 0 Å². The Balaban J connectivity index is 1.85. The van der Waals surface area contributed by atoms with E-state index in [1.807, 2.05) is 17.8 Å². The molecule has 0 bridgehead atoms. The molecule has 2 aromatic rings. The summed E-state index contributed by atoms with van der Waals surface area (Å²) < 4.78 is 7.30. The Morgan fingerprint density at radius 1 is 1.40 bits per heavy atom. The number of imidazole rings is 1. The molecule has 1 aromatic heterocycles. The molecule has 0 saturated heterocycles. The summed E-state index contributed by atoms with van der Waals surface area (Å²) in [6, 6.07) is 6.94. The number of hydrogen-bond donors (Lipinski definition) is 1. The Bertz CT molecular complexity index is 577. The van der Waals surface area contributed by atoms with Crippen molar-refractivity contribution in [3.63, 3.8) is 0 Å². The SMILES string of the molecule is CN(Cc1nccn1C)C(=O)COc1ccc(N)cc1. The summed E-state index contributed by atoms with van der Waals surface area (Å²) in [5, 5.41) is 0. The van der Waals surface area contributed by atoms with Crippen LogP contribution in [0.3, 0.4) is 0 Å². The summed E-state index contributed by atoms with van der Waals surface area (Å²) in [5.41, 5.74) is 6.24.